The van der Waals surface area contributed by atoms with Gasteiger partial charge in [-0.1, -0.05) is 26.8 Å². The molecule has 98 valence electrons. The topological polar surface area (TPSA) is 9.23 Å². The van der Waals surface area contributed by atoms with Crippen molar-refractivity contribution in [1.29, 1.82) is 0 Å². The molecule has 1 heteroatoms. The molecule has 1 rings (SSSR count). The summed E-state index contributed by atoms with van der Waals surface area (Å²) < 4.78 is 5.67. The fourth-order valence-electron chi connectivity index (χ4n) is 1.90. The van der Waals surface area contributed by atoms with Crippen LogP contribution in [0.2, 0.25) is 0 Å². The normalized spacial score (nSPS) is 9.72. The molecule has 0 heterocycles. The lowest BCUT2D eigenvalue weighted by atomic mass is 10.0. The van der Waals surface area contributed by atoms with E-state index < -0.39 is 0 Å². The van der Waals surface area contributed by atoms with Gasteiger partial charge in [0.25, 0.3) is 0 Å². The molecule has 0 N–H and O–H groups in total. The average molecular weight is 244 g/mol. The summed E-state index contributed by atoms with van der Waals surface area (Å²) >= 11 is 0. The van der Waals surface area contributed by atoms with Crippen molar-refractivity contribution in [3.05, 3.63) is 29.3 Å². The van der Waals surface area contributed by atoms with Crippen LogP contribution < -0.4 is 4.74 Å². The lowest BCUT2D eigenvalue weighted by Gasteiger charge is -2.10. The average Bonchev–Trinajstić information content (AvgIpc) is 2.42. The van der Waals surface area contributed by atoms with Crippen molar-refractivity contribution in [2.24, 2.45) is 0 Å². The fourth-order valence-corrected chi connectivity index (χ4v) is 1.90. The monoisotopic (exact) mass is 244 g/mol. The van der Waals surface area contributed by atoms with Crippen molar-refractivity contribution in [2.45, 2.75) is 52.9 Å². The first-order valence-corrected chi connectivity index (χ1v) is 7.02. The summed E-state index contributed by atoms with van der Waals surface area (Å²) in [5.74, 6) is 7.32. The smallest absolute Gasteiger partial charge is 0.119 e. The molecule has 0 radical (unpaired) electrons. The second kappa shape index (κ2) is 8.64. The van der Waals surface area contributed by atoms with E-state index in [0.717, 1.165) is 44.5 Å². The summed E-state index contributed by atoms with van der Waals surface area (Å²) in [7, 11) is 0. The fraction of sp³-hybridized carbons (Fsp3) is 0.529. The van der Waals surface area contributed by atoms with Crippen LogP contribution in [-0.4, -0.2) is 6.61 Å². The molecule has 0 fully saturated rings. The minimum atomic E-state index is 0.796. The molecule has 0 aliphatic heterocycles. The summed E-state index contributed by atoms with van der Waals surface area (Å²) in [6.45, 7) is 7.20. The Morgan fingerprint density at radius 2 is 1.89 bits per heavy atom. The van der Waals surface area contributed by atoms with Crippen LogP contribution in [0.4, 0.5) is 0 Å². The van der Waals surface area contributed by atoms with Crippen LogP contribution in [-0.2, 0) is 12.8 Å². The number of hydrogen-bond donors (Lipinski definition) is 0. The Bertz CT molecular complexity index is 409. The van der Waals surface area contributed by atoms with Gasteiger partial charge in [0.1, 0.15) is 5.75 Å². The van der Waals surface area contributed by atoms with Crippen molar-refractivity contribution in [2.75, 3.05) is 6.61 Å². The van der Waals surface area contributed by atoms with E-state index >= 15 is 0 Å². The third kappa shape index (κ3) is 4.84. The van der Waals surface area contributed by atoms with Gasteiger partial charge >= 0.3 is 0 Å². The largest absolute Gasteiger partial charge is 0.494 e. The molecule has 0 amide bonds. The van der Waals surface area contributed by atoms with Crippen LogP contribution in [0.3, 0.4) is 0 Å². The molecule has 0 aliphatic rings. The highest BCUT2D eigenvalue weighted by atomic mass is 16.5. The molecule has 0 saturated carbocycles. The molecule has 0 spiro atoms. The SMILES string of the molecule is CCC#CCCc1ccc(OCCC)cc1CC. The number of aryl methyl sites for hydroxylation is 2. The Labute approximate surface area is 112 Å². The first kappa shape index (κ1) is 14.6. The number of ether oxygens (including phenoxy) is 1. The predicted molar refractivity (Wildman–Crippen MR) is 78.0 cm³/mol. The highest BCUT2D eigenvalue weighted by Crippen LogP contribution is 2.20. The van der Waals surface area contributed by atoms with E-state index in [0.29, 0.717) is 0 Å². The van der Waals surface area contributed by atoms with Crippen molar-refractivity contribution in [3.8, 4) is 17.6 Å². The molecule has 1 aromatic rings. The van der Waals surface area contributed by atoms with Gasteiger partial charge in [0.15, 0.2) is 0 Å². The second-order valence-corrected chi connectivity index (χ2v) is 4.34. The van der Waals surface area contributed by atoms with Crippen LogP contribution in [0.25, 0.3) is 0 Å². The van der Waals surface area contributed by atoms with Crippen LogP contribution in [0.1, 0.15) is 51.2 Å². The van der Waals surface area contributed by atoms with Gasteiger partial charge in [-0.05, 0) is 42.5 Å². The van der Waals surface area contributed by atoms with Gasteiger partial charge in [0.2, 0.25) is 0 Å². The summed E-state index contributed by atoms with van der Waals surface area (Å²) in [4.78, 5) is 0. The summed E-state index contributed by atoms with van der Waals surface area (Å²) in [5, 5.41) is 0. The van der Waals surface area contributed by atoms with E-state index in [1.54, 1.807) is 0 Å². The summed E-state index contributed by atoms with van der Waals surface area (Å²) in [6, 6.07) is 6.45. The maximum absolute atomic E-state index is 5.67. The molecule has 0 aliphatic carbocycles. The maximum atomic E-state index is 5.67. The summed E-state index contributed by atoms with van der Waals surface area (Å²) in [6.07, 6.45) is 5.06. The van der Waals surface area contributed by atoms with E-state index in [9.17, 15) is 0 Å². The van der Waals surface area contributed by atoms with E-state index in [-0.39, 0.29) is 0 Å². The first-order valence-electron chi connectivity index (χ1n) is 7.02. The van der Waals surface area contributed by atoms with Gasteiger partial charge in [-0.25, -0.2) is 0 Å². The third-order valence-corrected chi connectivity index (χ3v) is 2.85. The number of rotatable bonds is 6. The van der Waals surface area contributed by atoms with Gasteiger partial charge in [-0.2, -0.15) is 0 Å². The highest BCUT2D eigenvalue weighted by molar-refractivity contribution is 5.36. The number of benzene rings is 1. The van der Waals surface area contributed by atoms with Gasteiger partial charge in [-0.3, -0.25) is 0 Å². The minimum absolute atomic E-state index is 0.796. The van der Waals surface area contributed by atoms with Crippen LogP contribution >= 0.6 is 0 Å². The third-order valence-electron chi connectivity index (χ3n) is 2.85. The van der Waals surface area contributed by atoms with Gasteiger partial charge < -0.3 is 4.74 Å². The zero-order valence-corrected chi connectivity index (χ0v) is 11.9. The lowest BCUT2D eigenvalue weighted by Crippen LogP contribution is -1.98. The molecule has 0 bridgehead atoms. The molecule has 0 atom stereocenters. The lowest BCUT2D eigenvalue weighted by molar-refractivity contribution is 0.317. The Morgan fingerprint density at radius 1 is 1.06 bits per heavy atom. The second-order valence-electron chi connectivity index (χ2n) is 4.34. The van der Waals surface area contributed by atoms with E-state index in [4.69, 9.17) is 4.74 Å². The zero-order valence-electron chi connectivity index (χ0n) is 11.9. The predicted octanol–water partition coefficient (Wildman–Crippen LogP) is 4.38. The molecular formula is C17H24O. The van der Waals surface area contributed by atoms with Crippen LogP contribution in [0.5, 0.6) is 5.75 Å². The van der Waals surface area contributed by atoms with Crippen molar-refractivity contribution < 1.29 is 4.74 Å². The minimum Gasteiger partial charge on any atom is -0.494 e. The standard InChI is InChI=1S/C17H24O/c1-4-7-8-9-10-16-11-12-17(18-13-5-2)14-15(16)6-3/h11-12,14H,4-6,9-10,13H2,1-3H3. The molecule has 0 aromatic heterocycles. The highest BCUT2D eigenvalue weighted by Gasteiger charge is 2.02. The molecule has 0 unspecified atom stereocenters. The Balaban J connectivity index is 2.67. The Kier molecular flexibility index (Phi) is 7.03. The summed E-state index contributed by atoms with van der Waals surface area (Å²) in [5.41, 5.74) is 2.80. The Morgan fingerprint density at radius 3 is 2.56 bits per heavy atom. The molecule has 18 heavy (non-hydrogen) atoms. The van der Waals surface area contributed by atoms with Crippen LogP contribution in [0.15, 0.2) is 18.2 Å². The molecule has 1 nitrogen and oxygen atoms in total. The zero-order chi connectivity index (χ0) is 13.2. The van der Waals surface area contributed by atoms with E-state index in [2.05, 4.69) is 50.8 Å². The van der Waals surface area contributed by atoms with Gasteiger partial charge in [-0.15, -0.1) is 11.8 Å². The molecule has 1 aromatic carbocycles. The van der Waals surface area contributed by atoms with Crippen molar-refractivity contribution >= 4 is 0 Å². The molecule has 0 saturated heterocycles. The van der Waals surface area contributed by atoms with E-state index in [1.165, 1.54) is 11.1 Å². The van der Waals surface area contributed by atoms with Crippen molar-refractivity contribution in [3.63, 3.8) is 0 Å². The van der Waals surface area contributed by atoms with Crippen molar-refractivity contribution in [1.82, 2.24) is 0 Å². The van der Waals surface area contributed by atoms with Crippen LogP contribution in [0, 0.1) is 11.8 Å². The molecular weight excluding hydrogens is 220 g/mol. The van der Waals surface area contributed by atoms with Gasteiger partial charge in [0.05, 0.1) is 6.61 Å². The van der Waals surface area contributed by atoms with Gasteiger partial charge in [0, 0.05) is 12.8 Å². The van der Waals surface area contributed by atoms with E-state index in [1.807, 2.05) is 0 Å². The quantitative estimate of drug-likeness (QED) is 0.675. The Hall–Kier alpha value is -1.42. The first-order chi connectivity index (χ1) is 8.81. The number of hydrogen-bond acceptors (Lipinski definition) is 1. The maximum Gasteiger partial charge on any atom is 0.119 e.